The maximum absolute atomic E-state index is 13.5. The average Bonchev–Trinajstić information content (AvgIpc) is 2.23. The van der Waals surface area contributed by atoms with Crippen LogP contribution in [0.4, 0.5) is 4.39 Å². The van der Waals surface area contributed by atoms with Gasteiger partial charge in [0.15, 0.2) is 0 Å². The predicted octanol–water partition coefficient (Wildman–Crippen LogP) is 2.95. The lowest BCUT2D eigenvalue weighted by atomic mass is 9.90. The van der Waals surface area contributed by atoms with E-state index < -0.39 is 0 Å². The van der Waals surface area contributed by atoms with Crippen LogP contribution in [0.2, 0.25) is 5.02 Å². The first-order chi connectivity index (χ1) is 6.77. The minimum atomic E-state index is -0.124. The zero-order chi connectivity index (χ0) is 9.97. The van der Waals surface area contributed by atoms with Crippen LogP contribution in [0.3, 0.4) is 0 Å². The lowest BCUT2D eigenvalue weighted by Crippen LogP contribution is -2.27. The highest BCUT2D eigenvalue weighted by atomic mass is 35.5. The molecule has 2 rings (SSSR count). The molecule has 0 unspecified atom stereocenters. The molecule has 3 heteroatoms. The number of benzene rings is 1. The van der Waals surface area contributed by atoms with Gasteiger partial charge in [-0.1, -0.05) is 11.6 Å². The van der Waals surface area contributed by atoms with Crippen molar-refractivity contribution in [2.24, 2.45) is 0 Å². The van der Waals surface area contributed by atoms with Crippen molar-refractivity contribution < 1.29 is 4.39 Å². The summed E-state index contributed by atoms with van der Waals surface area (Å²) in [5, 5.41) is 3.89. The van der Waals surface area contributed by atoms with E-state index in [-0.39, 0.29) is 5.82 Å². The van der Waals surface area contributed by atoms with Crippen LogP contribution in [0, 0.1) is 5.82 Å². The molecule has 1 aliphatic heterocycles. The molecule has 1 heterocycles. The van der Waals surface area contributed by atoms with Crippen LogP contribution in [-0.2, 0) is 0 Å². The minimum Gasteiger partial charge on any atom is -0.317 e. The molecule has 1 aromatic carbocycles. The SMILES string of the molecule is Fc1ccc(Cl)cc1C1CCNCC1. The first-order valence-corrected chi connectivity index (χ1v) is 5.31. The van der Waals surface area contributed by atoms with Crippen molar-refractivity contribution >= 4 is 11.6 Å². The zero-order valence-corrected chi connectivity index (χ0v) is 8.65. The molecule has 0 amide bonds. The van der Waals surface area contributed by atoms with E-state index in [9.17, 15) is 4.39 Å². The highest BCUT2D eigenvalue weighted by molar-refractivity contribution is 6.30. The normalized spacial score (nSPS) is 18.4. The van der Waals surface area contributed by atoms with Gasteiger partial charge in [-0.3, -0.25) is 0 Å². The van der Waals surface area contributed by atoms with Gasteiger partial charge in [-0.25, -0.2) is 4.39 Å². The summed E-state index contributed by atoms with van der Waals surface area (Å²) in [7, 11) is 0. The largest absolute Gasteiger partial charge is 0.317 e. The fourth-order valence-corrected chi connectivity index (χ4v) is 2.14. The highest BCUT2D eigenvalue weighted by Crippen LogP contribution is 2.29. The minimum absolute atomic E-state index is 0.124. The van der Waals surface area contributed by atoms with E-state index in [4.69, 9.17) is 11.6 Å². The van der Waals surface area contributed by atoms with Crippen molar-refractivity contribution in [2.75, 3.05) is 13.1 Å². The molecule has 1 nitrogen and oxygen atoms in total. The first kappa shape index (κ1) is 9.94. The van der Waals surface area contributed by atoms with E-state index in [2.05, 4.69) is 5.32 Å². The second-order valence-electron chi connectivity index (χ2n) is 3.69. The summed E-state index contributed by atoms with van der Waals surface area (Å²) in [6.45, 7) is 1.94. The van der Waals surface area contributed by atoms with Crippen molar-refractivity contribution in [2.45, 2.75) is 18.8 Å². The molecule has 0 atom stereocenters. The smallest absolute Gasteiger partial charge is 0.126 e. The maximum atomic E-state index is 13.5. The Morgan fingerprint density at radius 1 is 1.29 bits per heavy atom. The molecule has 1 fully saturated rings. The molecule has 1 N–H and O–H groups in total. The van der Waals surface area contributed by atoms with Crippen LogP contribution in [0.1, 0.15) is 24.3 Å². The summed E-state index contributed by atoms with van der Waals surface area (Å²) in [6.07, 6.45) is 1.99. The molecule has 0 bridgehead atoms. The van der Waals surface area contributed by atoms with Gasteiger partial charge < -0.3 is 5.32 Å². The number of rotatable bonds is 1. The Balaban J connectivity index is 2.24. The monoisotopic (exact) mass is 213 g/mol. The van der Waals surface area contributed by atoms with Gasteiger partial charge in [-0.2, -0.15) is 0 Å². The zero-order valence-electron chi connectivity index (χ0n) is 7.89. The summed E-state index contributed by atoms with van der Waals surface area (Å²) in [4.78, 5) is 0. The molecule has 1 aliphatic rings. The van der Waals surface area contributed by atoms with E-state index in [1.165, 1.54) is 6.07 Å². The van der Waals surface area contributed by atoms with Gasteiger partial charge in [0.05, 0.1) is 0 Å². The third-order valence-electron chi connectivity index (χ3n) is 2.74. The Kier molecular flexibility index (Phi) is 3.04. The molecule has 1 saturated heterocycles. The standard InChI is InChI=1S/C11H13ClFN/c12-9-1-2-11(13)10(7-9)8-3-5-14-6-4-8/h1-2,7-8,14H,3-6H2. The van der Waals surface area contributed by atoms with E-state index in [1.54, 1.807) is 12.1 Å². The molecular weight excluding hydrogens is 201 g/mol. The fraction of sp³-hybridized carbons (Fsp3) is 0.455. The Hall–Kier alpha value is -0.600. The second-order valence-corrected chi connectivity index (χ2v) is 4.13. The number of hydrogen-bond donors (Lipinski definition) is 1. The van der Waals surface area contributed by atoms with E-state index >= 15 is 0 Å². The lowest BCUT2D eigenvalue weighted by Gasteiger charge is -2.23. The van der Waals surface area contributed by atoms with Gasteiger partial charge in [-0.15, -0.1) is 0 Å². The third-order valence-corrected chi connectivity index (χ3v) is 2.97. The molecule has 0 spiro atoms. The predicted molar refractivity (Wildman–Crippen MR) is 56.3 cm³/mol. The Morgan fingerprint density at radius 2 is 2.00 bits per heavy atom. The van der Waals surface area contributed by atoms with Gasteiger partial charge in [0.25, 0.3) is 0 Å². The number of halogens is 2. The van der Waals surface area contributed by atoms with E-state index in [1.807, 2.05) is 0 Å². The lowest BCUT2D eigenvalue weighted by molar-refractivity contribution is 0.445. The summed E-state index contributed by atoms with van der Waals surface area (Å²) in [6, 6.07) is 4.81. The maximum Gasteiger partial charge on any atom is 0.126 e. The molecule has 76 valence electrons. The number of nitrogens with one attached hydrogen (secondary N) is 1. The Labute approximate surface area is 88.3 Å². The highest BCUT2D eigenvalue weighted by Gasteiger charge is 2.18. The molecule has 0 radical (unpaired) electrons. The number of piperidine rings is 1. The molecule has 14 heavy (non-hydrogen) atoms. The summed E-state index contributed by atoms with van der Waals surface area (Å²) < 4.78 is 13.5. The Bertz CT molecular complexity index is 321. The van der Waals surface area contributed by atoms with Crippen LogP contribution in [-0.4, -0.2) is 13.1 Å². The van der Waals surface area contributed by atoms with Crippen molar-refractivity contribution in [3.05, 3.63) is 34.6 Å². The fourth-order valence-electron chi connectivity index (χ4n) is 1.96. The van der Waals surface area contributed by atoms with Crippen LogP contribution < -0.4 is 5.32 Å². The summed E-state index contributed by atoms with van der Waals surface area (Å²) in [5.41, 5.74) is 0.777. The molecule has 1 aromatic rings. The third kappa shape index (κ3) is 2.07. The van der Waals surface area contributed by atoms with Crippen molar-refractivity contribution in [3.8, 4) is 0 Å². The number of hydrogen-bond acceptors (Lipinski definition) is 1. The van der Waals surface area contributed by atoms with Gasteiger partial charge in [0.1, 0.15) is 5.82 Å². The quantitative estimate of drug-likeness (QED) is 0.757. The summed E-state index contributed by atoms with van der Waals surface area (Å²) in [5.74, 6) is 0.205. The van der Waals surface area contributed by atoms with Crippen molar-refractivity contribution in [1.82, 2.24) is 5.32 Å². The van der Waals surface area contributed by atoms with E-state index in [0.717, 1.165) is 31.5 Å². The molecule has 0 saturated carbocycles. The first-order valence-electron chi connectivity index (χ1n) is 4.93. The topological polar surface area (TPSA) is 12.0 Å². The summed E-state index contributed by atoms with van der Waals surface area (Å²) >= 11 is 5.85. The average molecular weight is 214 g/mol. The second kappa shape index (κ2) is 4.28. The molecule has 0 aliphatic carbocycles. The van der Waals surface area contributed by atoms with Crippen LogP contribution in [0.25, 0.3) is 0 Å². The van der Waals surface area contributed by atoms with Crippen molar-refractivity contribution in [3.63, 3.8) is 0 Å². The van der Waals surface area contributed by atoms with Crippen LogP contribution >= 0.6 is 11.6 Å². The van der Waals surface area contributed by atoms with Gasteiger partial charge in [0, 0.05) is 5.02 Å². The van der Waals surface area contributed by atoms with Gasteiger partial charge in [-0.05, 0) is 55.6 Å². The van der Waals surface area contributed by atoms with Gasteiger partial charge >= 0.3 is 0 Å². The van der Waals surface area contributed by atoms with Crippen LogP contribution in [0.5, 0.6) is 0 Å². The molecule has 0 aromatic heterocycles. The van der Waals surface area contributed by atoms with E-state index in [0.29, 0.717) is 10.9 Å². The molecular formula is C11H13ClFN. The van der Waals surface area contributed by atoms with Gasteiger partial charge in [0.2, 0.25) is 0 Å². The Morgan fingerprint density at radius 3 is 2.71 bits per heavy atom. The van der Waals surface area contributed by atoms with Crippen LogP contribution in [0.15, 0.2) is 18.2 Å². The van der Waals surface area contributed by atoms with Crippen molar-refractivity contribution in [1.29, 1.82) is 0 Å².